The Hall–Kier alpha value is -1.58. The third-order valence-corrected chi connectivity index (χ3v) is 6.25. The van der Waals surface area contributed by atoms with E-state index in [4.69, 9.17) is 26.7 Å². The van der Waals surface area contributed by atoms with Crippen molar-refractivity contribution in [1.82, 2.24) is 10.6 Å². The summed E-state index contributed by atoms with van der Waals surface area (Å²) in [6, 6.07) is -1.80. The van der Waals surface area contributed by atoms with Crippen molar-refractivity contribution in [3.8, 4) is 0 Å². The molecule has 0 aromatic heterocycles. The van der Waals surface area contributed by atoms with Gasteiger partial charge in [0.1, 0.15) is 18.3 Å². The Morgan fingerprint density at radius 3 is 2.56 bits per heavy atom. The van der Waals surface area contributed by atoms with Crippen LogP contribution in [0.25, 0.3) is 0 Å². The Labute approximate surface area is 186 Å². The van der Waals surface area contributed by atoms with Gasteiger partial charge in [0.15, 0.2) is 17.9 Å². The van der Waals surface area contributed by atoms with Gasteiger partial charge >= 0.3 is 0 Å². The Kier molecular flexibility index (Phi) is 7.93. The van der Waals surface area contributed by atoms with Crippen LogP contribution in [0.1, 0.15) is 32.6 Å². The van der Waals surface area contributed by atoms with Crippen molar-refractivity contribution in [3.05, 3.63) is 0 Å². The Balaban J connectivity index is 1.53. The molecule has 2 saturated carbocycles. The molecule has 32 heavy (non-hydrogen) atoms. The first-order valence-corrected chi connectivity index (χ1v) is 11.0. The second kappa shape index (κ2) is 10.1. The average molecular weight is 461 g/mol. The zero-order valence-electron chi connectivity index (χ0n) is 18.1. The van der Waals surface area contributed by atoms with Gasteiger partial charge in [0.2, 0.25) is 0 Å². The van der Waals surface area contributed by atoms with E-state index in [0.29, 0.717) is 19.5 Å². The van der Waals surface area contributed by atoms with Crippen LogP contribution in [0, 0.1) is 0 Å². The number of nitrogens with zero attached hydrogens (tertiary/aromatic N) is 1. The highest BCUT2D eigenvalue weighted by atomic mass is 16.7. The molecule has 2 aliphatic carbocycles. The lowest BCUT2D eigenvalue weighted by molar-refractivity contribution is -0.276. The van der Waals surface area contributed by atoms with Crippen molar-refractivity contribution in [2.24, 2.45) is 22.2 Å². The SMILES string of the molecule is CCNCC1O[C@H](O[C@@H]2C(N)CC(NC(=O)C3(O)CC3N=C(N)N)CC2O)CC(O)[C@@H]1O. The van der Waals surface area contributed by atoms with E-state index >= 15 is 0 Å². The quantitative estimate of drug-likeness (QED) is 0.124. The van der Waals surface area contributed by atoms with Crippen LogP contribution in [0.3, 0.4) is 0 Å². The van der Waals surface area contributed by atoms with E-state index in [-0.39, 0.29) is 25.2 Å². The molecule has 1 amide bonds. The van der Waals surface area contributed by atoms with E-state index in [1.807, 2.05) is 6.92 Å². The number of likely N-dealkylation sites (N-methyl/N-ethyl adjacent to an activating group) is 1. The van der Waals surface area contributed by atoms with Crippen LogP contribution in [0.2, 0.25) is 0 Å². The largest absolute Gasteiger partial charge is 0.390 e. The molecule has 0 aromatic carbocycles. The molecular formula is C19H36N6O7. The van der Waals surface area contributed by atoms with Crippen molar-refractivity contribution in [2.75, 3.05) is 13.1 Å². The lowest BCUT2D eigenvalue weighted by Crippen LogP contribution is -2.59. The number of nitrogens with two attached hydrogens (primary N) is 3. The number of rotatable bonds is 8. The van der Waals surface area contributed by atoms with E-state index in [9.17, 15) is 25.2 Å². The van der Waals surface area contributed by atoms with Crippen molar-refractivity contribution in [3.63, 3.8) is 0 Å². The Morgan fingerprint density at radius 2 is 1.94 bits per heavy atom. The Bertz CT molecular complexity index is 683. The van der Waals surface area contributed by atoms with Gasteiger partial charge < -0.3 is 57.7 Å². The van der Waals surface area contributed by atoms with Crippen LogP contribution < -0.4 is 27.8 Å². The first-order chi connectivity index (χ1) is 15.0. The summed E-state index contributed by atoms with van der Waals surface area (Å²) >= 11 is 0. The highest BCUT2D eigenvalue weighted by Crippen LogP contribution is 2.39. The van der Waals surface area contributed by atoms with Crippen LogP contribution in [-0.2, 0) is 14.3 Å². The van der Waals surface area contributed by atoms with E-state index in [0.717, 1.165) is 0 Å². The molecule has 1 heterocycles. The minimum Gasteiger partial charge on any atom is -0.390 e. The molecule has 10 atom stereocenters. The van der Waals surface area contributed by atoms with Gasteiger partial charge in [0.05, 0.1) is 18.2 Å². The van der Waals surface area contributed by atoms with Gasteiger partial charge in [0, 0.05) is 31.5 Å². The van der Waals surface area contributed by atoms with Gasteiger partial charge in [0.25, 0.3) is 5.91 Å². The van der Waals surface area contributed by atoms with Crippen LogP contribution in [0.5, 0.6) is 0 Å². The first kappa shape index (κ1) is 25.1. The third-order valence-electron chi connectivity index (χ3n) is 6.25. The number of aliphatic imine (C=N–C) groups is 1. The number of hydrogen-bond donors (Lipinski definition) is 9. The summed E-state index contributed by atoms with van der Waals surface area (Å²) in [4.78, 5) is 16.3. The van der Waals surface area contributed by atoms with Gasteiger partial charge in [-0.15, -0.1) is 0 Å². The molecule has 3 rings (SSSR count). The topological polar surface area (TPSA) is 231 Å². The molecule has 1 aliphatic heterocycles. The average Bonchev–Trinajstić information content (AvgIpc) is 3.36. The molecule has 12 N–H and O–H groups in total. The van der Waals surface area contributed by atoms with E-state index in [2.05, 4.69) is 15.6 Å². The van der Waals surface area contributed by atoms with E-state index in [1.165, 1.54) is 0 Å². The van der Waals surface area contributed by atoms with Crippen LogP contribution >= 0.6 is 0 Å². The molecule has 0 bridgehead atoms. The number of amides is 1. The fraction of sp³-hybridized carbons (Fsp3) is 0.895. The third kappa shape index (κ3) is 5.66. The van der Waals surface area contributed by atoms with Crippen LogP contribution in [-0.4, -0.2) is 106 Å². The van der Waals surface area contributed by atoms with E-state index < -0.39 is 66.4 Å². The normalized spacial score (nSPS) is 44.0. The first-order valence-electron chi connectivity index (χ1n) is 11.0. The number of carbonyl (C=O) groups excluding carboxylic acids is 1. The summed E-state index contributed by atoms with van der Waals surface area (Å²) < 4.78 is 11.6. The molecule has 0 radical (unpaired) electrons. The van der Waals surface area contributed by atoms with Gasteiger partial charge in [-0.1, -0.05) is 6.92 Å². The summed E-state index contributed by atoms with van der Waals surface area (Å²) in [7, 11) is 0. The standard InChI is InChI=1S/C19H36N6O7/c1-2-23-7-12-15(28)10(26)5-14(31-12)32-16-9(20)3-8(4-11(16)27)24-17(29)19(30)6-13(19)25-18(21)22/h8-16,23,26-28,30H,2-7,20H2,1H3,(H,24,29)(H4,21,22,25)/t8?,9?,10?,11?,12?,13?,14-,15+,16-,19?/m1/s1. The predicted molar refractivity (Wildman–Crippen MR) is 113 cm³/mol. The van der Waals surface area contributed by atoms with E-state index in [1.54, 1.807) is 0 Å². The minimum atomic E-state index is -1.67. The molecule has 1 saturated heterocycles. The van der Waals surface area contributed by atoms with Gasteiger partial charge in [-0.3, -0.25) is 4.79 Å². The zero-order valence-corrected chi connectivity index (χ0v) is 18.1. The maximum absolute atomic E-state index is 12.4. The van der Waals surface area contributed by atoms with Crippen molar-refractivity contribution < 1.29 is 34.7 Å². The number of nitrogens with one attached hydrogen (secondary N) is 2. The molecule has 0 spiro atoms. The maximum Gasteiger partial charge on any atom is 0.254 e. The molecule has 0 aromatic rings. The fourth-order valence-electron chi connectivity index (χ4n) is 4.34. The van der Waals surface area contributed by atoms with Gasteiger partial charge in [-0.2, -0.15) is 0 Å². The summed E-state index contributed by atoms with van der Waals surface area (Å²) in [5, 5.41) is 47.0. The molecule has 184 valence electrons. The molecule has 13 heteroatoms. The predicted octanol–water partition coefficient (Wildman–Crippen LogP) is -4.44. The number of carbonyl (C=O) groups is 1. The van der Waals surface area contributed by atoms with Crippen LogP contribution in [0.15, 0.2) is 4.99 Å². The number of ether oxygens (including phenoxy) is 2. The maximum atomic E-state index is 12.4. The summed E-state index contributed by atoms with van der Waals surface area (Å²) in [6.07, 6.45) is -4.76. The number of aliphatic hydroxyl groups is 4. The minimum absolute atomic E-state index is 0.0408. The molecule has 3 fully saturated rings. The monoisotopic (exact) mass is 460 g/mol. The summed E-state index contributed by atoms with van der Waals surface area (Å²) in [5.74, 6) is -0.820. The molecule has 7 unspecified atom stereocenters. The number of aliphatic hydroxyl groups excluding tert-OH is 3. The second-order valence-corrected chi connectivity index (χ2v) is 8.88. The Morgan fingerprint density at radius 1 is 1.22 bits per heavy atom. The van der Waals surface area contributed by atoms with Crippen LogP contribution in [0.4, 0.5) is 0 Å². The zero-order chi connectivity index (χ0) is 23.6. The molecular weight excluding hydrogens is 424 g/mol. The summed E-state index contributed by atoms with van der Waals surface area (Å²) in [5.41, 5.74) is 15.1. The van der Waals surface area contributed by atoms with Crippen molar-refractivity contribution in [2.45, 2.75) is 93.1 Å². The molecule has 13 nitrogen and oxygen atoms in total. The highest BCUT2D eigenvalue weighted by Gasteiger charge is 2.60. The summed E-state index contributed by atoms with van der Waals surface area (Å²) in [6.45, 7) is 2.93. The van der Waals surface area contributed by atoms with Crippen molar-refractivity contribution >= 4 is 11.9 Å². The lowest BCUT2D eigenvalue weighted by Gasteiger charge is -2.43. The fourth-order valence-corrected chi connectivity index (χ4v) is 4.34. The molecule has 3 aliphatic rings. The smallest absolute Gasteiger partial charge is 0.254 e. The van der Waals surface area contributed by atoms with Gasteiger partial charge in [-0.05, 0) is 19.4 Å². The number of hydrogen-bond acceptors (Lipinski definition) is 10. The van der Waals surface area contributed by atoms with Crippen molar-refractivity contribution in [1.29, 1.82) is 0 Å². The lowest BCUT2D eigenvalue weighted by atomic mass is 9.86. The second-order valence-electron chi connectivity index (χ2n) is 8.88. The number of guanidine groups is 1. The highest BCUT2D eigenvalue weighted by molar-refractivity contribution is 5.90. The van der Waals surface area contributed by atoms with Gasteiger partial charge in [-0.25, -0.2) is 4.99 Å².